The predicted molar refractivity (Wildman–Crippen MR) is 81.4 cm³/mol. The van der Waals surface area contributed by atoms with Gasteiger partial charge in [0.2, 0.25) is 0 Å². The lowest BCUT2D eigenvalue weighted by Crippen LogP contribution is -2.25. The summed E-state index contributed by atoms with van der Waals surface area (Å²) in [6.45, 7) is 4.61. The van der Waals surface area contributed by atoms with E-state index in [1.165, 1.54) is 18.2 Å². The maximum absolute atomic E-state index is 13.2. The highest BCUT2D eigenvalue weighted by Gasteiger charge is 2.10. The van der Waals surface area contributed by atoms with Crippen molar-refractivity contribution in [3.63, 3.8) is 0 Å². The minimum atomic E-state index is -0.453. The second-order valence-corrected chi connectivity index (χ2v) is 5.30. The largest absolute Gasteiger partial charge is 0.384 e. The highest BCUT2D eigenvalue weighted by molar-refractivity contribution is 5.96. The molecule has 1 amide bonds. The van der Waals surface area contributed by atoms with E-state index in [0.29, 0.717) is 23.6 Å². The summed E-state index contributed by atoms with van der Waals surface area (Å²) < 4.78 is 13.2. The standard InChI is InChI=1S/C17H22FNO2/c1-13(2)6-3-4-10-19-17(21)16-9-8-15(18)12-14(16)7-5-11-20/h8-9,12-13,20H,3-4,6,10-11H2,1-2H3,(H,19,21). The van der Waals surface area contributed by atoms with Crippen LogP contribution in [0, 0.1) is 23.6 Å². The van der Waals surface area contributed by atoms with Crippen LogP contribution in [-0.2, 0) is 0 Å². The molecule has 4 heteroatoms. The number of hydrogen-bond acceptors (Lipinski definition) is 2. The van der Waals surface area contributed by atoms with E-state index in [9.17, 15) is 9.18 Å². The summed E-state index contributed by atoms with van der Waals surface area (Å²) in [7, 11) is 0. The number of aliphatic hydroxyl groups is 1. The predicted octanol–water partition coefficient (Wildman–Crippen LogP) is 2.73. The molecule has 0 aliphatic rings. The van der Waals surface area contributed by atoms with E-state index in [4.69, 9.17) is 5.11 Å². The van der Waals surface area contributed by atoms with Gasteiger partial charge in [-0.05, 0) is 30.5 Å². The first-order valence-electron chi connectivity index (χ1n) is 7.22. The van der Waals surface area contributed by atoms with E-state index in [2.05, 4.69) is 31.0 Å². The zero-order valence-corrected chi connectivity index (χ0v) is 12.6. The normalized spacial score (nSPS) is 10.1. The number of unbranched alkanes of at least 4 members (excludes halogenated alkanes) is 1. The van der Waals surface area contributed by atoms with E-state index < -0.39 is 5.82 Å². The van der Waals surface area contributed by atoms with E-state index in [0.717, 1.165) is 19.3 Å². The summed E-state index contributed by atoms with van der Waals surface area (Å²) in [5.74, 6) is 4.98. The Hall–Kier alpha value is -1.86. The number of amides is 1. The van der Waals surface area contributed by atoms with Gasteiger partial charge >= 0.3 is 0 Å². The Morgan fingerprint density at radius 2 is 2.14 bits per heavy atom. The number of aliphatic hydroxyl groups excluding tert-OH is 1. The maximum Gasteiger partial charge on any atom is 0.252 e. The van der Waals surface area contributed by atoms with Gasteiger partial charge in [0.1, 0.15) is 12.4 Å². The number of halogens is 1. The van der Waals surface area contributed by atoms with Crippen LogP contribution in [0.3, 0.4) is 0 Å². The van der Waals surface area contributed by atoms with E-state index in [1.54, 1.807) is 0 Å². The van der Waals surface area contributed by atoms with Gasteiger partial charge in [-0.3, -0.25) is 4.79 Å². The first-order chi connectivity index (χ1) is 10.0. The summed E-state index contributed by atoms with van der Waals surface area (Å²) in [6.07, 6.45) is 3.13. The summed E-state index contributed by atoms with van der Waals surface area (Å²) in [6, 6.07) is 3.86. The molecule has 3 nitrogen and oxygen atoms in total. The molecule has 0 aliphatic heterocycles. The van der Waals surface area contributed by atoms with Crippen molar-refractivity contribution >= 4 is 5.91 Å². The molecule has 21 heavy (non-hydrogen) atoms. The topological polar surface area (TPSA) is 49.3 Å². The first kappa shape index (κ1) is 17.2. The van der Waals surface area contributed by atoms with Gasteiger partial charge in [0.15, 0.2) is 0 Å². The Labute approximate surface area is 125 Å². The molecule has 0 aliphatic carbocycles. The van der Waals surface area contributed by atoms with Crippen LogP contribution in [-0.4, -0.2) is 24.2 Å². The highest BCUT2D eigenvalue weighted by Crippen LogP contribution is 2.11. The molecule has 0 bridgehead atoms. The minimum Gasteiger partial charge on any atom is -0.384 e. The van der Waals surface area contributed by atoms with Gasteiger partial charge in [-0.1, -0.05) is 38.5 Å². The van der Waals surface area contributed by atoms with Gasteiger partial charge in [-0.25, -0.2) is 4.39 Å². The van der Waals surface area contributed by atoms with Crippen LogP contribution < -0.4 is 5.32 Å². The average molecular weight is 291 g/mol. The third kappa shape index (κ3) is 6.42. The maximum atomic E-state index is 13.2. The van der Waals surface area contributed by atoms with Gasteiger partial charge in [-0.15, -0.1) is 0 Å². The fraction of sp³-hybridized carbons (Fsp3) is 0.471. The summed E-state index contributed by atoms with van der Waals surface area (Å²) in [5, 5.41) is 11.5. The van der Waals surface area contributed by atoms with Crippen molar-refractivity contribution in [2.24, 2.45) is 5.92 Å². The van der Waals surface area contributed by atoms with Crippen LogP contribution in [0.15, 0.2) is 18.2 Å². The Morgan fingerprint density at radius 3 is 2.81 bits per heavy atom. The molecule has 0 heterocycles. The summed E-state index contributed by atoms with van der Waals surface area (Å²) in [4.78, 5) is 12.1. The second kappa shape index (κ2) is 9.15. The van der Waals surface area contributed by atoms with Crippen LogP contribution in [0.1, 0.15) is 49.0 Å². The second-order valence-electron chi connectivity index (χ2n) is 5.30. The van der Waals surface area contributed by atoms with E-state index in [1.807, 2.05) is 0 Å². The number of carbonyl (C=O) groups excluding carboxylic acids is 1. The van der Waals surface area contributed by atoms with E-state index in [-0.39, 0.29) is 12.5 Å². The third-order valence-corrected chi connectivity index (χ3v) is 3.02. The van der Waals surface area contributed by atoms with Crippen molar-refractivity contribution < 1.29 is 14.3 Å². The molecule has 0 saturated carbocycles. The van der Waals surface area contributed by atoms with Crippen LogP contribution in [0.4, 0.5) is 4.39 Å². The lowest BCUT2D eigenvalue weighted by Gasteiger charge is -2.08. The highest BCUT2D eigenvalue weighted by atomic mass is 19.1. The summed E-state index contributed by atoms with van der Waals surface area (Å²) in [5.41, 5.74) is 0.630. The lowest BCUT2D eigenvalue weighted by atomic mass is 10.1. The molecule has 0 unspecified atom stereocenters. The molecule has 1 aromatic rings. The van der Waals surface area contributed by atoms with Crippen molar-refractivity contribution in [2.45, 2.75) is 33.1 Å². The van der Waals surface area contributed by atoms with Gasteiger partial charge in [0, 0.05) is 12.1 Å². The van der Waals surface area contributed by atoms with Gasteiger partial charge in [0.25, 0.3) is 5.91 Å². The molecule has 2 N–H and O–H groups in total. The minimum absolute atomic E-state index is 0.262. The Kier molecular flexibility index (Phi) is 7.49. The van der Waals surface area contributed by atoms with Crippen molar-refractivity contribution in [1.82, 2.24) is 5.32 Å². The lowest BCUT2D eigenvalue weighted by molar-refractivity contribution is 0.0952. The van der Waals surface area contributed by atoms with E-state index >= 15 is 0 Å². The number of hydrogen-bond donors (Lipinski definition) is 2. The molecular formula is C17H22FNO2. The monoisotopic (exact) mass is 291 g/mol. The first-order valence-corrected chi connectivity index (χ1v) is 7.22. The zero-order chi connectivity index (χ0) is 15.7. The van der Waals surface area contributed by atoms with Crippen molar-refractivity contribution in [3.8, 4) is 11.8 Å². The summed E-state index contributed by atoms with van der Waals surface area (Å²) >= 11 is 0. The Balaban J connectivity index is 2.61. The van der Waals surface area contributed by atoms with Crippen LogP contribution in [0.2, 0.25) is 0 Å². The van der Waals surface area contributed by atoms with Gasteiger partial charge < -0.3 is 10.4 Å². The fourth-order valence-electron chi connectivity index (χ4n) is 1.93. The number of carbonyl (C=O) groups is 1. The van der Waals surface area contributed by atoms with Crippen molar-refractivity contribution in [3.05, 3.63) is 35.1 Å². The van der Waals surface area contributed by atoms with Crippen LogP contribution in [0.5, 0.6) is 0 Å². The van der Waals surface area contributed by atoms with Gasteiger partial charge in [-0.2, -0.15) is 0 Å². The molecule has 0 spiro atoms. The third-order valence-electron chi connectivity index (χ3n) is 3.02. The zero-order valence-electron chi connectivity index (χ0n) is 12.6. The number of benzene rings is 1. The fourth-order valence-corrected chi connectivity index (χ4v) is 1.93. The average Bonchev–Trinajstić information content (AvgIpc) is 2.44. The molecular weight excluding hydrogens is 269 g/mol. The molecule has 114 valence electrons. The van der Waals surface area contributed by atoms with Crippen molar-refractivity contribution in [2.75, 3.05) is 13.2 Å². The SMILES string of the molecule is CC(C)CCCCNC(=O)c1ccc(F)cc1C#CCO. The number of rotatable bonds is 6. The van der Waals surface area contributed by atoms with Crippen LogP contribution >= 0.6 is 0 Å². The Bertz CT molecular complexity index is 529. The quantitative estimate of drug-likeness (QED) is 0.625. The molecule has 1 rings (SSSR count). The smallest absolute Gasteiger partial charge is 0.252 e. The van der Waals surface area contributed by atoms with Crippen LogP contribution in [0.25, 0.3) is 0 Å². The molecule has 0 saturated heterocycles. The molecule has 0 aromatic heterocycles. The molecule has 0 radical (unpaired) electrons. The molecule has 1 aromatic carbocycles. The van der Waals surface area contributed by atoms with Crippen molar-refractivity contribution in [1.29, 1.82) is 0 Å². The molecule has 0 fully saturated rings. The van der Waals surface area contributed by atoms with Gasteiger partial charge in [0.05, 0.1) is 5.56 Å². The Morgan fingerprint density at radius 1 is 1.38 bits per heavy atom. The number of nitrogens with one attached hydrogen (secondary N) is 1. The molecule has 0 atom stereocenters.